The minimum Gasteiger partial charge on any atom is -0.322 e. The molecule has 0 atom stereocenters. The Morgan fingerprint density at radius 3 is 2.20 bits per heavy atom. The van der Waals surface area contributed by atoms with E-state index in [9.17, 15) is 9.59 Å². The molecule has 0 radical (unpaired) electrons. The van der Waals surface area contributed by atoms with Gasteiger partial charge in [-0.3, -0.25) is 9.59 Å². The SMILES string of the molecule is CCC(CC)=NNC(=O)c1ccc(NC(=O)c2cccc(C)c2)cc1. The first-order valence-electron chi connectivity index (χ1n) is 8.37. The number of rotatable bonds is 6. The van der Waals surface area contributed by atoms with E-state index in [-0.39, 0.29) is 11.8 Å². The summed E-state index contributed by atoms with van der Waals surface area (Å²) in [6, 6.07) is 14.1. The van der Waals surface area contributed by atoms with Crippen LogP contribution in [0.1, 0.15) is 53.0 Å². The van der Waals surface area contributed by atoms with Crippen molar-refractivity contribution in [3.8, 4) is 0 Å². The third-order valence-electron chi connectivity index (χ3n) is 3.82. The van der Waals surface area contributed by atoms with Crippen molar-refractivity contribution in [2.75, 3.05) is 5.32 Å². The van der Waals surface area contributed by atoms with Crippen LogP contribution in [-0.2, 0) is 0 Å². The maximum Gasteiger partial charge on any atom is 0.271 e. The summed E-state index contributed by atoms with van der Waals surface area (Å²) < 4.78 is 0. The van der Waals surface area contributed by atoms with Crippen LogP contribution < -0.4 is 10.7 Å². The molecule has 2 aromatic carbocycles. The van der Waals surface area contributed by atoms with Gasteiger partial charge in [0.25, 0.3) is 11.8 Å². The Balaban J connectivity index is 2.01. The second-order valence-electron chi connectivity index (χ2n) is 5.73. The molecule has 0 saturated heterocycles. The highest BCUT2D eigenvalue weighted by Gasteiger charge is 2.08. The van der Waals surface area contributed by atoms with Gasteiger partial charge in [-0.2, -0.15) is 5.10 Å². The van der Waals surface area contributed by atoms with Gasteiger partial charge in [0.1, 0.15) is 0 Å². The minimum atomic E-state index is -0.268. The van der Waals surface area contributed by atoms with E-state index in [4.69, 9.17) is 0 Å². The van der Waals surface area contributed by atoms with E-state index in [2.05, 4.69) is 15.8 Å². The minimum absolute atomic E-state index is 0.180. The predicted molar refractivity (Wildman–Crippen MR) is 101 cm³/mol. The fourth-order valence-corrected chi connectivity index (χ4v) is 2.30. The van der Waals surface area contributed by atoms with Gasteiger partial charge in [-0.15, -0.1) is 0 Å². The molecule has 0 aromatic heterocycles. The van der Waals surface area contributed by atoms with E-state index in [1.807, 2.05) is 39.0 Å². The lowest BCUT2D eigenvalue weighted by Crippen LogP contribution is -2.19. The van der Waals surface area contributed by atoms with E-state index in [1.165, 1.54) is 0 Å². The number of anilines is 1. The summed E-state index contributed by atoms with van der Waals surface area (Å²) in [7, 11) is 0. The van der Waals surface area contributed by atoms with Crippen molar-refractivity contribution in [3.63, 3.8) is 0 Å². The Morgan fingerprint density at radius 2 is 1.60 bits per heavy atom. The second kappa shape index (κ2) is 8.78. The van der Waals surface area contributed by atoms with Gasteiger partial charge in [0.2, 0.25) is 0 Å². The smallest absolute Gasteiger partial charge is 0.271 e. The largest absolute Gasteiger partial charge is 0.322 e. The monoisotopic (exact) mass is 337 g/mol. The van der Waals surface area contributed by atoms with Crippen LogP contribution in [0.3, 0.4) is 0 Å². The topological polar surface area (TPSA) is 70.6 Å². The number of hydrogen-bond donors (Lipinski definition) is 2. The second-order valence-corrected chi connectivity index (χ2v) is 5.73. The molecule has 0 bridgehead atoms. The van der Waals surface area contributed by atoms with E-state index in [0.29, 0.717) is 16.8 Å². The van der Waals surface area contributed by atoms with Crippen molar-refractivity contribution in [2.45, 2.75) is 33.6 Å². The quantitative estimate of drug-likeness (QED) is 0.614. The Bertz CT molecular complexity index is 774. The Labute approximate surface area is 148 Å². The number of hydrogen-bond acceptors (Lipinski definition) is 3. The molecule has 0 aliphatic carbocycles. The van der Waals surface area contributed by atoms with Crippen LogP contribution >= 0.6 is 0 Å². The average Bonchev–Trinajstić information content (AvgIpc) is 2.63. The molecule has 0 unspecified atom stereocenters. The molecule has 2 aromatic rings. The maximum absolute atomic E-state index is 12.2. The highest BCUT2D eigenvalue weighted by molar-refractivity contribution is 6.04. The molecule has 0 spiro atoms. The molecule has 0 heterocycles. The standard InChI is InChI=1S/C20H23N3O2/c1-4-17(5-2)22-23-20(25)15-9-11-18(12-10-15)21-19(24)16-8-6-7-14(3)13-16/h6-13H,4-5H2,1-3H3,(H,21,24)(H,23,25). The van der Waals surface area contributed by atoms with Crippen LogP contribution in [0.4, 0.5) is 5.69 Å². The number of amides is 2. The van der Waals surface area contributed by atoms with Gasteiger partial charge in [-0.05, 0) is 56.2 Å². The number of nitrogens with one attached hydrogen (secondary N) is 2. The lowest BCUT2D eigenvalue weighted by molar-refractivity contribution is 0.0954. The molecule has 0 aliphatic heterocycles. The lowest BCUT2D eigenvalue weighted by atomic mass is 10.1. The fourth-order valence-electron chi connectivity index (χ4n) is 2.30. The van der Waals surface area contributed by atoms with Gasteiger partial charge in [-0.25, -0.2) is 5.43 Å². The molecule has 2 rings (SSSR count). The molecule has 5 nitrogen and oxygen atoms in total. The molecule has 0 aliphatic rings. The van der Waals surface area contributed by atoms with Gasteiger partial charge in [0.15, 0.2) is 0 Å². The van der Waals surface area contributed by atoms with Crippen LogP contribution in [-0.4, -0.2) is 17.5 Å². The van der Waals surface area contributed by atoms with Crippen molar-refractivity contribution in [1.29, 1.82) is 0 Å². The summed E-state index contributed by atoms with van der Waals surface area (Å²) in [5.74, 6) is -0.447. The molecular formula is C20H23N3O2. The zero-order chi connectivity index (χ0) is 18.2. The number of carbonyl (C=O) groups excluding carboxylic acids is 2. The van der Waals surface area contributed by atoms with Crippen LogP contribution in [0.5, 0.6) is 0 Å². The van der Waals surface area contributed by atoms with Gasteiger partial charge in [-0.1, -0.05) is 31.5 Å². The van der Waals surface area contributed by atoms with Gasteiger partial charge in [0, 0.05) is 22.5 Å². The van der Waals surface area contributed by atoms with Crippen LogP contribution in [0, 0.1) is 6.92 Å². The molecule has 2 N–H and O–H groups in total. The third-order valence-corrected chi connectivity index (χ3v) is 3.82. The van der Waals surface area contributed by atoms with E-state index < -0.39 is 0 Å². The molecule has 5 heteroatoms. The van der Waals surface area contributed by atoms with E-state index in [0.717, 1.165) is 24.1 Å². The summed E-state index contributed by atoms with van der Waals surface area (Å²) in [6.07, 6.45) is 1.61. The number of benzene rings is 2. The van der Waals surface area contributed by atoms with Crippen LogP contribution in [0.25, 0.3) is 0 Å². The van der Waals surface area contributed by atoms with Crippen molar-refractivity contribution in [3.05, 3.63) is 65.2 Å². The first-order valence-corrected chi connectivity index (χ1v) is 8.37. The Morgan fingerprint density at radius 1 is 0.920 bits per heavy atom. The first-order chi connectivity index (χ1) is 12.0. The van der Waals surface area contributed by atoms with Crippen molar-refractivity contribution < 1.29 is 9.59 Å². The van der Waals surface area contributed by atoms with Gasteiger partial charge >= 0.3 is 0 Å². The highest BCUT2D eigenvalue weighted by atomic mass is 16.2. The maximum atomic E-state index is 12.2. The van der Waals surface area contributed by atoms with E-state index in [1.54, 1.807) is 30.3 Å². The van der Waals surface area contributed by atoms with Gasteiger partial charge < -0.3 is 5.32 Å². The summed E-state index contributed by atoms with van der Waals surface area (Å²) in [5, 5.41) is 6.92. The molecule has 130 valence electrons. The van der Waals surface area contributed by atoms with Crippen LogP contribution in [0.2, 0.25) is 0 Å². The number of nitrogens with zero attached hydrogens (tertiary/aromatic N) is 1. The summed E-state index contributed by atoms with van der Waals surface area (Å²) in [6.45, 7) is 5.94. The first kappa shape index (κ1) is 18.4. The fraction of sp³-hybridized carbons (Fsp3) is 0.250. The average molecular weight is 337 g/mol. The summed E-state index contributed by atoms with van der Waals surface area (Å²) >= 11 is 0. The zero-order valence-electron chi connectivity index (χ0n) is 14.8. The highest BCUT2D eigenvalue weighted by Crippen LogP contribution is 2.12. The Kier molecular flexibility index (Phi) is 6.46. The molecule has 25 heavy (non-hydrogen) atoms. The lowest BCUT2D eigenvalue weighted by Gasteiger charge is -2.07. The summed E-state index contributed by atoms with van der Waals surface area (Å²) in [5.41, 5.74) is 6.24. The molecular weight excluding hydrogens is 314 g/mol. The van der Waals surface area contributed by atoms with Crippen molar-refractivity contribution >= 4 is 23.2 Å². The molecule has 0 fully saturated rings. The number of carbonyl (C=O) groups is 2. The Hall–Kier alpha value is -2.95. The zero-order valence-corrected chi connectivity index (χ0v) is 14.8. The van der Waals surface area contributed by atoms with Gasteiger partial charge in [0.05, 0.1) is 0 Å². The third kappa shape index (κ3) is 5.28. The van der Waals surface area contributed by atoms with Crippen LogP contribution in [0.15, 0.2) is 53.6 Å². The number of hydrazone groups is 1. The number of aryl methyl sites for hydroxylation is 1. The van der Waals surface area contributed by atoms with Crippen molar-refractivity contribution in [1.82, 2.24) is 5.43 Å². The molecule has 0 saturated carbocycles. The van der Waals surface area contributed by atoms with E-state index >= 15 is 0 Å². The van der Waals surface area contributed by atoms with Crippen molar-refractivity contribution in [2.24, 2.45) is 5.10 Å². The molecule has 2 amide bonds. The normalized spacial score (nSPS) is 10.0. The predicted octanol–water partition coefficient (Wildman–Crippen LogP) is 4.15. The summed E-state index contributed by atoms with van der Waals surface area (Å²) in [4.78, 5) is 24.3.